The number of anilines is 2. The molecule has 25 heavy (non-hydrogen) atoms. The van der Waals surface area contributed by atoms with Gasteiger partial charge in [-0.1, -0.05) is 52.0 Å². The van der Waals surface area contributed by atoms with Gasteiger partial charge in [0.25, 0.3) is 0 Å². The van der Waals surface area contributed by atoms with Crippen LogP contribution >= 0.6 is 0 Å². The zero-order valence-corrected chi connectivity index (χ0v) is 16.4. The van der Waals surface area contributed by atoms with E-state index in [9.17, 15) is 0 Å². The third-order valence-corrected chi connectivity index (χ3v) is 5.69. The first-order valence-corrected chi connectivity index (χ1v) is 9.18. The zero-order valence-electron chi connectivity index (χ0n) is 16.4. The number of aryl methyl sites for hydroxylation is 1. The number of benzene rings is 2. The van der Waals surface area contributed by atoms with Gasteiger partial charge < -0.3 is 4.90 Å². The SMILES string of the molecule is CN=CN(c1ccccc1)c1cc2c(cc1C)C(C)(C)CCC2(C)C. The van der Waals surface area contributed by atoms with Gasteiger partial charge in [-0.2, -0.15) is 0 Å². The predicted octanol–water partition coefficient (Wildman–Crippen LogP) is 6.14. The molecule has 0 aliphatic heterocycles. The van der Waals surface area contributed by atoms with Gasteiger partial charge in [-0.25, -0.2) is 0 Å². The molecule has 1 aliphatic rings. The Morgan fingerprint density at radius 2 is 1.48 bits per heavy atom. The van der Waals surface area contributed by atoms with Crippen LogP contribution in [-0.4, -0.2) is 13.4 Å². The van der Waals surface area contributed by atoms with Gasteiger partial charge in [0.2, 0.25) is 0 Å². The summed E-state index contributed by atoms with van der Waals surface area (Å²) in [6, 6.07) is 15.3. The summed E-state index contributed by atoms with van der Waals surface area (Å²) in [7, 11) is 1.83. The molecule has 0 amide bonds. The van der Waals surface area contributed by atoms with Crippen molar-refractivity contribution in [3.63, 3.8) is 0 Å². The molecule has 0 fully saturated rings. The molecule has 1 aliphatic carbocycles. The maximum Gasteiger partial charge on any atom is 0.0936 e. The highest BCUT2D eigenvalue weighted by atomic mass is 15.2. The van der Waals surface area contributed by atoms with E-state index in [1.54, 1.807) is 0 Å². The van der Waals surface area contributed by atoms with E-state index in [2.05, 4.69) is 87.0 Å². The number of hydrogen-bond acceptors (Lipinski definition) is 1. The Morgan fingerprint density at radius 3 is 2.04 bits per heavy atom. The lowest BCUT2D eigenvalue weighted by Gasteiger charge is -2.42. The van der Waals surface area contributed by atoms with E-state index in [4.69, 9.17) is 0 Å². The molecule has 3 rings (SSSR count). The minimum absolute atomic E-state index is 0.207. The van der Waals surface area contributed by atoms with Gasteiger partial charge in [0.15, 0.2) is 0 Å². The van der Waals surface area contributed by atoms with Crippen molar-refractivity contribution in [3.8, 4) is 0 Å². The largest absolute Gasteiger partial charge is 0.301 e. The van der Waals surface area contributed by atoms with Crippen molar-refractivity contribution in [2.75, 3.05) is 11.9 Å². The molecule has 0 spiro atoms. The van der Waals surface area contributed by atoms with Crippen LogP contribution in [0.3, 0.4) is 0 Å². The van der Waals surface area contributed by atoms with Crippen molar-refractivity contribution < 1.29 is 0 Å². The summed E-state index contributed by atoms with van der Waals surface area (Å²) in [4.78, 5) is 6.51. The second-order valence-electron chi connectivity index (χ2n) is 8.53. The highest BCUT2D eigenvalue weighted by molar-refractivity contribution is 5.90. The Labute approximate surface area is 152 Å². The summed E-state index contributed by atoms with van der Waals surface area (Å²) in [6.45, 7) is 11.7. The van der Waals surface area contributed by atoms with E-state index in [-0.39, 0.29) is 10.8 Å². The number of rotatable bonds is 3. The van der Waals surface area contributed by atoms with Crippen LogP contribution in [0.15, 0.2) is 47.5 Å². The highest BCUT2D eigenvalue weighted by Crippen LogP contribution is 2.48. The fourth-order valence-corrected chi connectivity index (χ4v) is 3.94. The van der Waals surface area contributed by atoms with E-state index in [0.29, 0.717) is 0 Å². The fraction of sp³-hybridized carbons (Fsp3) is 0.435. The number of aliphatic imine (C=N–C) groups is 1. The van der Waals surface area contributed by atoms with Crippen LogP contribution in [0.1, 0.15) is 57.2 Å². The second kappa shape index (κ2) is 6.33. The minimum Gasteiger partial charge on any atom is -0.301 e. The predicted molar refractivity (Wildman–Crippen MR) is 109 cm³/mol. The van der Waals surface area contributed by atoms with E-state index in [1.807, 2.05) is 13.4 Å². The van der Waals surface area contributed by atoms with Gasteiger partial charge in [0.05, 0.1) is 12.0 Å². The Bertz CT molecular complexity index is 785. The summed E-state index contributed by atoms with van der Waals surface area (Å²) in [5.41, 5.74) is 7.10. The monoisotopic (exact) mass is 334 g/mol. The summed E-state index contributed by atoms with van der Waals surface area (Å²) < 4.78 is 0. The zero-order chi connectivity index (χ0) is 18.2. The van der Waals surface area contributed by atoms with Gasteiger partial charge >= 0.3 is 0 Å². The van der Waals surface area contributed by atoms with E-state index in [1.165, 1.54) is 35.2 Å². The Hall–Kier alpha value is -2.09. The lowest BCUT2D eigenvalue weighted by molar-refractivity contribution is 0.332. The molecule has 0 unspecified atom stereocenters. The number of fused-ring (bicyclic) bond motifs is 1. The van der Waals surface area contributed by atoms with Crippen molar-refractivity contribution in [1.82, 2.24) is 0 Å². The van der Waals surface area contributed by atoms with Crippen LogP contribution in [0.5, 0.6) is 0 Å². The van der Waals surface area contributed by atoms with Gasteiger partial charge in [-0.3, -0.25) is 4.99 Å². The molecule has 132 valence electrons. The molecule has 2 nitrogen and oxygen atoms in total. The Morgan fingerprint density at radius 1 is 0.920 bits per heavy atom. The lowest BCUT2D eigenvalue weighted by Crippen LogP contribution is -2.34. The van der Waals surface area contributed by atoms with Crippen LogP contribution in [0.4, 0.5) is 11.4 Å². The molecule has 2 heteroatoms. The van der Waals surface area contributed by atoms with Crippen LogP contribution in [0.2, 0.25) is 0 Å². The van der Waals surface area contributed by atoms with Crippen molar-refractivity contribution >= 4 is 17.7 Å². The first-order valence-electron chi connectivity index (χ1n) is 9.18. The van der Waals surface area contributed by atoms with Crippen LogP contribution < -0.4 is 4.90 Å². The van der Waals surface area contributed by atoms with E-state index in [0.717, 1.165) is 5.69 Å². The Balaban J connectivity index is 2.20. The smallest absolute Gasteiger partial charge is 0.0936 e. The molecule has 0 radical (unpaired) electrons. The van der Waals surface area contributed by atoms with Gasteiger partial charge in [-0.15, -0.1) is 0 Å². The topological polar surface area (TPSA) is 15.6 Å². The van der Waals surface area contributed by atoms with Crippen molar-refractivity contribution in [1.29, 1.82) is 0 Å². The summed E-state index contributed by atoms with van der Waals surface area (Å²) in [6.07, 6.45) is 4.39. The van der Waals surface area contributed by atoms with Crippen LogP contribution in [0, 0.1) is 6.92 Å². The molecule has 0 heterocycles. The normalized spacial score (nSPS) is 18.2. The molecule has 0 saturated carbocycles. The molecule has 0 aromatic heterocycles. The maximum atomic E-state index is 4.31. The van der Waals surface area contributed by atoms with Gasteiger partial charge in [0.1, 0.15) is 0 Å². The molecule has 2 aromatic rings. The highest BCUT2D eigenvalue weighted by Gasteiger charge is 2.37. The number of nitrogens with zero attached hydrogens (tertiary/aromatic N) is 2. The number of hydrogen-bond donors (Lipinski definition) is 0. The molecule has 2 aromatic carbocycles. The average Bonchev–Trinajstić information content (AvgIpc) is 2.58. The third kappa shape index (κ3) is 3.22. The van der Waals surface area contributed by atoms with Crippen molar-refractivity contribution in [2.45, 2.75) is 58.3 Å². The van der Waals surface area contributed by atoms with Crippen molar-refractivity contribution in [3.05, 3.63) is 59.2 Å². The molecular weight excluding hydrogens is 304 g/mol. The van der Waals surface area contributed by atoms with Gasteiger partial charge in [0, 0.05) is 12.7 Å². The van der Waals surface area contributed by atoms with Crippen LogP contribution in [0.25, 0.3) is 0 Å². The van der Waals surface area contributed by atoms with Gasteiger partial charge in [-0.05, 0) is 65.5 Å². The first kappa shape index (κ1) is 17.7. The summed E-state index contributed by atoms with van der Waals surface area (Å²) in [5.74, 6) is 0. The molecule has 0 N–H and O–H groups in total. The molecule has 0 saturated heterocycles. The Kier molecular flexibility index (Phi) is 4.49. The number of para-hydroxylation sites is 1. The lowest BCUT2D eigenvalue weighted by atomic mass is 9.63. The fourth-order valence-electron chi connectivity index (χ4n) is 3.94. The van der Waals surface area contributed by atoms with E-state index < -0.39 is 0 Å². The quantitative estimate of drug-likeness (QED) is 0.486. The third-order valence-electron chi connectivity index (χ3n) is 5.69. The minimum atomic E-state index is 0.207. The van der Waals surface area contributed by atoms with E-state index >= 15 is 0 Å². The molecular formula is C23H30N2. The second-order valence-corrected chi connectivity index (χ2v) is 8.53. The maximum absolute atomic E-state index is 4.31. The molecule has 0 atom stereocenters. The van der Waals surface area contributed by atoms with Crippen LogP contribution in [-0.2, 0) is 10.8 Å². The summed E-state index contributed by atoms with van der Waals surface area (Å²) >= 11 is 0. The van der Waals surface area contributed by atoms with Crippen molar-refractivity contribution in [2.24, 2.45) is 4.99 Å². The summed E-state index contributed by atoms with van der Waals surface area (Å²) in [5, 5.41) is 0. The average molecular weight is 335 g/mol. The first-order chi connectivity index (χ1) is 11.8. The molecule has 0 bridgehead atoms. The standard InChI is InChI=1S/C23H30N2/c1-17-14-19-20(23(4,5)13-12-22(19,2)3)15-21(17)25(16-24-6)18-10-8-7-9-11-18/h7-11,14-16H,12-13H2,1-6H3.